The molecule has 0 aromatic heterocycles. The van der Waals surface area contributed by atoms with E-state index in [1.165, 1.54) is 5.56 Å². The summed E-state index contributed by atoms with van der Waals surface area (Å²) in [6.45, 7) is 45.4. The second-order valence-corrected chi connectivity index (χ2v) is 37.6. The molecule has 3 rings (SSSR count). The van der Waals surface area contributed by atoms with Crippen molar-refractivity contribution in [2.75, 3.05) is 13.7 Å². The van der Waals surface area contributed by atoms with E-state index in [1.807, 2.05) is 18.2 Å². The molecule has 7 atom stereocenters. The van der Waals surface area contributed by atoms with Crippen LogP contribution < -0.4 is 4.74 Å². The van der Waals surface area contributed by atoms with Gasteiger partial charge in [0.25, 0.3) is 0 Å². The van der Waals surface area contributed by atoms with Crippen LogP contribution in [0.3, 0.4) is 0 Å². The predicted octanol–water partition coefficient (Wildman–Crippen LogP) is 14.1. The van der Waals surface area contributed by atoms with Gasteiger partial charge in [-0.1, -0.05) is 112 Å². The van der Waals surface area contributed by atoms with E-state index in [9.17, 15) is 0 Å². The summed E-state index contributed by atoms with van der Waals surface area (Å²) in [6, 6.07) is 18.5. The Morgan fingerprint density at radius 2 is 1.15 bits per heavy atom. The van der Waals surface area contributed by atoms with Crippen molar-refractivity contribution in [1.82, 2.24) is 0 Å². The summed E-state index contributed by atoms with van der Waals surface area (Å²) in [7, 11) is -4.88. The zero-order valence-electron chi connectivity index (χ0n) is 43.2. The van der Waals surface area contributed by atoms with Crippen LogP contribution in [0.1, 0.15) is 133 Å². The lowest BCUT2D eigenvalue weighted by atomic mass is 9.89. The Morgan fingerprint density at radius 1 is 0.629 bits per heavy atom. The molecule has 1 saturated heterocycles. The first-order chi connectivity index (χ1) is 28.4. The van der Waals surface area contributed by atoms with E-state index >= 15 is 0 Å². The standard InChI is InChI=1S/C51H92O8Si3/c1-38(34-45(59-62(19,20)50(9,10)11)44(58-61(17,18)49(6,7)8)32-33-53-36-40-24-22-21-23-25-40)47-46(55-51(12,13)56-47)35-43(57-60(15,16)48(3,4)5)29-26-39(2)54-37-41-27-30-42(52-14)31-28-41/h21-25,27-28,30-31,38-39,43-47H,26,29,32-37H2,1-20H3/t38-,39?,43-,44-,45-,46-,47+/m0/s1. The molecule has 0 amide bonds. The summed E-state index contributed by atoms with van der Waals surface area (Å²) in [5.74, 6) is 0.244. The Kier molecular flexibility index (Phi) is 19.9. The van der Waals surface area contributed by atoms with Crippen LogP contribution in [-0.4, -0.2) is 81.1 Å². The largest absolute Gasteiger partial charge is 0.497 e. The van der Waals surface area contributed by atoms with Gasteiger partial charge in [-0.2, -0.15) is 0 Å². The van der Waals surface area contributed by atoms with Crippen LogP contribution in [0.15, 0.2) is 54.6 Å². The minimum atomic E-state index is -2.24. The first-order valence-corrected chi connectivity index (χ1v) is 32.3. The number of ether oxygens (including phenoxy) is 5. The van der Waals surface area contributed by atoms with Crippen LogP contribution in [0.25, 0.3) is 0 Å². The molecule has 1 aliphatic heterocycles. The molecule has 11 heteroatoms. The molecule has 1 fully saturated rings. The molecule has 0 radical (unpaired) electrons. The molecule has 1 heterocycles. The molecular formula is C51H92O8Si3. The molecule has 8 nitrogen and oxygen atoms in total. The van der Waals surface area contributed by atoms with Crippen molar-refractivity contribution >= 4 is 25.0 Å². The third kappa shape index (κ3) is 16.8. The fourth-order valence-electron chi connectivity index (χ4n) is 7.24. The van der Waals surface area contributed by atoms with Crippen LogP contribution >= 0.6 is 0 Å². The predicted molar refractivity (Wildman–Crippen MR) is 266 cm³/mol. The Hall–Kier alpha value is -1.39. The molecule has 1 aliphatic rings. The summed E-state index contributed by atoms with van der Waals surface area (Å²) in [6.07, 6.45) is 3.55. The number of hydrogen-bond donors (Lipinski definition) is 0. The fraction of sp³-hybridized carbons (Fsp3) is 0.765. The molecule has 0 bridgehead atoms. The summed E-state index contributed by atoms with van der Waals surface area (Å²) in [5, 5.41) is 0.137. The molecular weight excluding hydrogens is 825 g/mol. The SMILES string of the molecule is COc1ccc(COC(C)CC[C@@H](C[C@@H]2OC(C)(C)O[C@@H]2[C@@H](C)C[C@H](O[Si](C)(C)C(C)(C)C)[C@H](CCOCc2ccccc2)O[Si](C)(C)C(C)(C)C)O[Si](C)(C)C(C)(C)C)cc1. The van der Waals surface area contributed by atoms with E-state index in [1.54, 1.807) is 7.11 Å². The molecule has 62 heavy (non-hydrogen) atoms. The van der Waals surface area contributed by atoms with E-state index in [0.29, 0.717) is 19.8 Å². The van der Waals surface area contributed by atoms with Gasteiger partial charge in [-0.25, -0.2) is 0 Å². The van der Waals surface area contributed by atoms with E-state index in [-0.39, 0.29) is 57.7 Å². The monoisotopic (exact) mass is 917 g/mol. The van der Waals surface area contributed by atoms with E-state index in [0.717, 1.165) is 43.4 Å². The molecule has 0 saturated carbocycles. The molecule has 2 aromatic carbocycles. The van der Waals surface area contributed by atoms with Gasteiger partial charge in [0.05, 0.1) is 50.8 Å². The Bertz CT molecular complexity index is 1590. The number of methoxy groups -OCH3 is 1. The topological polar surface area (TPSA) is 73.8 Å². The molecule has 2 aromatic rings. The van der Waals surface area contributed by atoms with Crippen LogP contribution in [0.5, 0.6) is 5.75 Å². The molecule has 356 valence electrons. The summed E-state index contributed by atoms with van der Waals surface area (Å²) >= 11 is 0. The van der Waals surface area contributed by atoms with Gasteiger partial charge in [-0.05, 0) is 130 Å². The lowest BCUT2D eigenvalue weighted by Gasteiger charge is -2.46. The average molecular weight is 918 g/mol. The summed E-state index contributed by atoms with van der Waals surface area (Å²) in [4.78, 5) is 0. The second kappa shape index (κ2) is 22.4. The van der Waals surface area contributed by atoms with Crippen LogP contribution in [0.2, 0.25) is 54.4 Å². The van der Waals surface area contributed by atoms with Gasteiger partial charge >= 0.3 is 0 Å². The highest BCUT2D eigenvalue weighted by Crippen LogP contribution is 2.45. The van der Waals surface area contributed by atoms with Crippen molar-refractivity contribution in [3.63, 3.8) is 0 Å². The first-order valence-electron chi connectivity index (χ1n) is 23.6. The number of hydrogen-bond acceptors (Lipinski definition) is 8. The van der Waals surface area contributed by atoms with Gasteiger partial charge in [-0.3, -0.25) is 0 Å². The van der Waals surface area contributed by atoms with Gasteiger partial charge in [0.1, 0.15) is 5.75 Å². The van der Waals surface area contributed by atoms with Gasteiger partial charge in [0, 0.05) is 19.1 Å². The van der Waals surface area contributed by atoms with Crippen molar-refractivity contribution in [3.8, 4) is 5.75 Å². The number of benzene rings is 2. The maximum absolute atomic E-state index is 7.52. The van der Waals surface area contributed by atoms with E-state index < -0.39 is 30.7 Å². The molecule has 1 unspecified atom stereocenters. The minimum Gasteiger partial charge on any atom is -0.497 e. The van der Waals surface area contributed by atoms with E-state index in [4.69, 9.17) is 37.0 Å². The van der Waals surface area contributed by atoms with Gasteiger partial charge in [0.15, 0.2) is 30.7 Å². The second-order valence-electron chi connectivity index (χ2n) is 23.3. The highest BCUT2D eigenvalue weighted by atomic mass is 28.4. The van der Waals surface area contributed by atoms with Gasteiger partial charge in [-0.15, -0.1) is 0 Å². The van der Waals surface area contributed by atoms with Crippen LogP contribution in [0, 0.1) is 5.92 Å². The first kappa shape index (κ1) is 54.9. The fourth-order valence-corrected chi connectivity index (χ4v) is 11.4. The maximum atomic E-state index is 7.52. The smallest absolute Gasteiger partial charge is 0.192 e. The zero-order valence-corrected chi connectivity index (χ0v) is 46.2. The quantitative estimate of drug-likeness (QED) is 0.0762. The third-order valence-electron chi connectivity index (χ3n) is 14.3. The van der Waals surface area contributed by atoms with Gasteiger partial charge in [0.2, 0.25) is 0 Å². The van der Waals surface area contributed by atoms with Crippen molar-refractivity contribution < 1.29 is 37.0 Å². The number of rotatable bonds is 24. The minimum absolute atomic E-state index is 0.00386. The molecule has 0 aliphatic carbocycles. The average Bonchev–Trinajstić information content (AvgIpc) is 3.46. The molecule has 0 N–H and O–H groups in total. The Labute approximate surface area is 383 Å². The summed E-state index contributed by atoms with van der Waals surface area (Å²) < 4.78 is 54.1. The highest BCUT2D eigenvalue weighted by Gasteiger charge is 2.49. The molecule has 0 spiro atoms. The highest BCUT2D eigenvalue weighted by molar-refractivity contribution is 6.75. The third-order valence-corrected chi connectivity index (χ3v) is 27.9. The van der Waals surface area contributed by atoms with Gasteiger partial charge < -0.3 is 37.0 Å². The van der Waals surface area contributed by atoms with Crippen LogP contribution in [-0.2, 0) is 45.4 Å². The maximum Gasteiger partial charge on any atom is 0.192 e. The Morgan fingerprint density at radius 3 is 1.68 bits per heavy atom. The van der Waals surface area contributed by atoms with Crippen molar-refractivity contribution in [2.45, 2.75) is 232 Å². The normalized spacial score (nSPS) is 20.5. The lowest BCUT2D eigenvalue weighted by Crippen LogP contribution is -2.53. The van der Waals surface area contributed by atoms with Crippen LogP contribution in [0.4, 0.5) is 0 Å². The van der Waals surface area contributed by atoms with Crippen molar-refractivity contribution in [3.05, 3.63) is 65.7 Å². The van der Waals surface area contributed by atoms with E-state index in [2.05, 4.69) is 166 Å². The lowest BCUT2D eigenvalue weighted by molar-refractivity contribution is -0.152. The Balaban J connectivity index is 1.92. The zero-order chi connectivity index (χ0) is 47.0. The van der Waals surface area contributed by atoms with Crippen molar-refractivity contribution in [2.24, 2.45) is 5.92 Å². The summed E-state index contributed by atoms with van der Waals surface area (Å²) in [5.41, 5.74) is 2.31. The van der Waals surface area contributed by atoms with Crippen molar-refractivity contribution in [1.29, 1.82) is 0 Å².